The number of rotatable bonds is 4. The highest BCUT2D eigenvalue weighted by Crippen LogP contribution is 2.27. The van der Waals surface area contributed by atoms with Crippen LogP contribution < -0.4 is 5.73 Å². The maximum absolute atomic E-state index is 6.01. The first kappa shape index (κ1) is 12.8. The number of aromatic nitrogens is 1. The lowest BCUT2D eigenvalue weighted by Crippen LogP contribution is -2.34. The van der Waals surface area contributed by atoms with Crippen molar-refractivity contribution in [2.45, 2.75) is 25.7 Å². The smallest absolute Gasteiger partial charge is 0.0412 e. The van der Waals surface area contributed by atoms with Gasteiger partial charge in [-0.15, -0.1) is 0 Å². The van der Waals surface area contributed by atoms with Gasteiger partial charge in [-0.25, -0.2) is 0 Å². The van der Waals surface area contributed by atoms with E-state index >= 15 is 0 Å². The summed E-state index contributed by atoms with van der Waals surface area (Å²) < 4.78 is 0. The molecule has 0 saturated carbocycles. The predicted octanol–water partition coefficient (Wildman–Crippen LogP) is 2.85. The minimum absolute atomic E-state index is 0.0552. The van der Waals surface area contributed by atoms with Gasteiger partial charge >= 0.3 is 0 Å². The molecule has 2 aromatic rings. The van der Waals surface area contributed by atoms with Crippen LogP contribution in [0.2, 0.25) is 0 Å². The molecule has 1 heterocycles. The molecule has 94 valence electrons. The van der Waals surface area contributed by atoms with Gasteiger partial charge in [-0.05, 0) is 24.6 Å². The molecular formula is C16H20N2. The highest BCUT2D eigenvalue weighted by molar-refractivity contribution is 5.31. The highest BCUT2D eigenvalue weighted by atomic mass is 14.7. The first-order valence-electron chi connectivity index (χ1n) is 6.31. The number of hydrogen-bond acceptors (Lipinski definition) is 2. The summed E-state index contributed by atoms with van der Waals surface area (Å²) >= 11 is 0. The van der Waals surface area contributed by atoms with Crippen molar-refractivity contribution in [3.8, 4) is 0 Å². The Balaban J connectivity index is 2.31. The van der Waals surface area contributed by atoms with Gasteiger partial charge in [-0.2, -0.15) is 0 Å². The Bertz CT molecular complexity index is 508. The molecule has 0 bridgehead atoms. The maximum atomic E-state index is 6.01. The van der Waals surface area contributed by atoms with Crippen molar-refractivity contribution < 1.29 is 0 Å². The lowest BCUT2D eigenvalue weighted by atomic mass is 9.78. The highest BCUT2D eigenvalue weighted by Gasteiger charge is 2.25. The van der Waals surface area contributed by atoms with E-state index in [0.717, 1.165) is 12.1 Å². The summed E-state index contributed by atoms with van der Waals surface area (Å²) in [5.74, 6) is 0. The van der Waals surface area contributed by atoms with Crippen LogP contribution in [0.4, 0.5) is 0 Å². The van der Waals surface area contributed by atoms with E-state index in [4.69, 9.17) is 5.73 Å². The standard InChI is InChI=1S/C16H20N2/c1-13-6-5-7-14(10-13)16(2,12-17)11-15-8-3-4-9-18-15/h3-10H,11-12,17H2,1-2H3. The van der Waals surface area contributed by atoms with Crippen LogP contribution in [0.15, 0.2) is 48.7 Å². The molecule has 0 radical (unpaired) electrons. The third kappa shape index (κ3) is 2.77. The fourth-order valence-corrected chi connectivity index (χ4v) is 2.22. The molecule has 2 heteroatoms. The second-order valence-corrected chi connectivity index (χ2v) is 5.13. The average Bonchev–Trinajstić information content (AvgIpc) is 2.40. The quantitative estimate of drug-likeness (QED) is 0.892. The molecule has 2 N–H and O–H groups in total. The number of hydrogen-bond donors (Lipinski definition) is 1. The van der Waals surface area contributed by atoms with Crippen LogP contribution in [0.25, 0.3) is 0 Å². The van der Waals surface area contributed by atoms with E-state index in [2.05, 4.69) is 49.2 Å². The van der Waals surface area contributed by atoms with Crippen LogP contribution in [-0.4, -0.2) is 11.5 Å². The minimum atomic E-state index is -0.0552. The molecule has 18 heavy (non-hydrogen) atoms. The SMILES string of the molecule is Cc1cccc(C(C)(CN)Cc2ccccn2)c1. The normalized spacial score (nSPS) is 14.2. The Morgan fingerprint density at radius 1 is 1.17 bits per heavy atom. The van der Waals surface area contributed by atoms with Gasteiger partial charge in [0.05, 0.1) is 0 Å². The molecule has 0 saturated heterocycles. The zero-order valence-corrected chi connectivity index (χ0v) is 11.1. The number of aryl methyl sites for hydroxylation is 1. The molecule has 1 aromatic carbocycles. The average molecular weight is 240 g/mol. The van der Waals surface area contributed by atoms with Gasteiger partial charge in [0.15, 0.2) is 0 Å². The maximum Gasteiger partial charge on any atom is 0.0412 e. The Hall–Kier alpha value is -1.67. The van der Waals surface area contributed by atoms with Crippen molar-refractivity contribution in [2.24, 2.45) is 5.73 Å². The predicted molar refractivity (Wildman–Crippen MR) is 75.5 cm³/mol. The molecule has 1 atom stereocenters. The van der Waals surface area contributed by atoms with Crippen LogP contribution in [0.1, 0.15) is 23.7 Å². The van der Waals surface area contributed by atoms with Crippen molar-refractivity contribution in [2.75, 3.05) is 6.54 Å². The number of benzene rings is 1. The molecule has 1 aromatic heterocycles. The third-order valence-corrected chi connectivity index (χ3v) is 3.46. The monoisotopic (exact) mass is 240 g/mol. The summed E-state index contributed by atoms with van der Waals surface area (Å²) in [6, 6.07) is 14.6. The van der Waals surface area contributed by atoms with Gasteiger partial charge < -0.3 is 5.73 Å². The van der Waals surface area contributed by atoms with Crippen molar-refractivity contribution in [3.05, 3.63) is 65.5 Å². The van der Waals surface area contributed by atoms with E-state index in [0.29, 0.717) is 6.54 Å². The second-order valence-electron chi connectivity index (χ2n) is 5.13. The Morgan fingerprint density at radius 2 is 2.00 bits per heavy atom. The van der Waals surface area contributed by atoms with Crippen LogP contribution in [-0.2, 0) is 11.8 Å². The Kier molecular flexibility index (Phi) is 3.78. The van der Waals surface area contributed by atoms with E-state index in [1.54, 1.807) is 0 Å². The third-order valence-electron chi connectivity index (χ3n) is 3.46. The van der Waals surface area contributed by atoms with E-state index in [9.17, 15) is 0 Å². The molecule has 0 aliphatic rings. The summed E-state index contributed by atoms with van der Waals surface area (Å²) in [6.45, 7) is 4.94. The molecule has 0 amide bonds. The van der Waals surface area contributed by atoms with E-state index in [1.165, 1.54) is 11.1 Å². The summed E-state index contributed by atoms with van der Waals surface area (Å²) in [4.78, 5) is 4.40. The van der Waals surface area contributed by atoms with E-state index in [1.807, 2.05) is 18.3 Å². The molecule has 2 nitrogen and oxygen atoms in total. The number of pyridine rings is 1. The zero-order chi connectivity index (χ0) is 13.0. The largest absolute Gasteiger partial charge is 0.330 e. The second kappa shape index (κ2) is 5.32. The Labute approximate surface area is 109 Å². The molecule has 0 spiro atoms. The molecule has 0 fully saturated rings. The molecule has 0 aliphatic heterocycles. The van der Waals surface area contributed by atoms with Gasteiger partial charge in [-0.3, -0.25) is 4.98 Å². The van der Waals surface area contributed by atoms with Gasteiger partial charge in [0, 0.05) is 30.3 Å². The van der Waals surface area contributed by atoms with Gasteiger partial charge in [0.25, 0.3) is 0 Å². The zero-order valence-electron chi connectivity index (χ0n) is 11.1. The topological polar surface area (TPSA) is 38.9 Å². The summed E-state index contributed by atoms with van der Waals surface area (Å²) in [7, 11) is 0. The fraction of sp³-hybridized carbons (Fsp3) is 0.312. The van der Waals surface area contributed by atoms with Crippen LogP contribution in [0, 0.1) is 6.92 Å². The summed E-state index contributed by atoms with van der Waals surface area (Å²) in [6.07, 6.45) is 2.70. The lowest BCUT2D eigenvalue weighted by Gasteiger charge is -2.28. The van der Waals surface area contributed by atoms with Crippen LogP contribution in [0.5, 0.6) is 0 Å². The minimum Gasteiger partial charge on any atom is -0.330 e. The first-order valence-corrected chi connectivity index (χ1v) is 6.31. The van der Waals surface area contributed by atoms with Gasteiger partial charge in [-0.1, -0.05) is 42.8 Å². The first-order chi connectivity index (χ1) is 8.64. The Morgan fingerprint density at radius 3 is 2.61 bits per heavy atom. The van der Waals surface area contributed by atoms with Crippen molar-refractivity contribution in [1.82, 2.24) is 4.98 Å². The van der Waals surface area contributed by atoms with Gasteiger partial charge in [0.2, 0.25) is 0 Å². The van der Waals surface area contributed by atoms with Crippen molar-refractivity contribution in [3.63, 3.8) is 0 Å². The summed E-state index contributed by atoms with van der Waals surface area (Å²) in [5.41, 5.74) is 9.60. The molecule has 1 unspecified atom stereocenters. The van der Waals surface area contributed by atoms with Crippen molar-refractivity contribution in [1.29, 1.82) is 0 Å². The van der Waals surface area contributed by atoms with Gasteiger partial charge in [0.1, 0.15) is 0 Å². The molecule has 2 rings (SSSR count). The molecule has 0 aliphatic carbocycles. The van der Waals surface area contributed by atoms with E-state index < -0.39 is 0 Å². The van der Waals surface area contributed by atoms with Crippen LogP contribution in [0.3, 0.4) is 0 Å². The fourth-order valence-electron chi connectivity index (χ4n) is 2.22. The van der Waals surface area contributed by atoms with Crippen LogP contribution >= 0.6 is 0 Å². The van der Waals surface area contributed by atoms with Crippen molar-refractivity contribution >= 4 is 0 Å². The summed E-state index contributed by atoms with van der Waals surface area (Å²) in [5, 5.41) is 0. The molecular weight excluding hydrogens is 220 g/mol. The number of nitrogens with two attached hydrogens (primary N) is 1. The van der Waals surface area contributed by atoms with E-state index in [-0.39, 0.29) is 5.41 Å². The number of nitrogens with zero attached hydrogens (tertiary/aromatic N) is 1. The lowest BCUT2D eigenvalue weighted by molar-refractivity contribution is 0.475.